The lowest BCUT2D eigenvalue weighted by Gasteiger charge is -2.25. The topological polar surface area (TPSA) is 43.8 Å². The molecule has 1 aliphatic heterocycles. The summed E-state index contributed by atoms with van der Waals surface area (Å²) in [6, 6.07) is 8.96. The number of anilines is 1. The number of carbonyl (C=O) groups is 1. The summed E-state index contributed by atoms with van der Waals surface area (Å²) in [5, 5.41) is 8.74. The fraction of sp³-hybridized carbons (Fsp3) is 0.632. The van der Waals surface area contributed by atoms with Crippen molar-refractivity contribution in [2.45, 2.75) is 45.4 Å². The molecule has 1 N–H and O–H groups in total. The first-order chi connectivity index (χ1) is 10.9. The smallest absolute Gasteiger partial charge is 0.303 e. The molecule has 128 valence electrons. The largest absolute Gasteiger partial charge is 0.481 e. The molecule has 0 bridgehead atoms. The van der Waals surface area contributed by atoms with Crippen LogP contribution < -0.4 is 4.90 Å². The number of aliphatic carboxylic acids is 1. The van der Waals surface area contributed by atoms with Gasteiger partial charge in [0.25, 0.3) is 0 Å². The molecular weight excluding hydrogens is 288 g/mol. The number of carboxylic acid groups (broad SMARTS) is 1. The summed E-state index contributed by atoms with van der Waals surface area (Å²) in [4.78, 5) is 15.5. The molecule has 0 aromatic heterocycles. The predicted molar refractivity (Wildman–Crippen MR) is 95.3 cm³/mol. The van der Waals surface area contributed by atoms with Gasteiger partial charge in [-0.25, -0.2) is 0 Å². The summed E-state index contributed by atoms with van der Waals surface area (Å²) >= 11 is 0. The van der Waals surface area contributed by atoms with Crippen LogP contribution in [0.2, 0.25) is 0 Å². The second-order valence-corrected chi connectivity index (χ2v) is 7.48. The van der Waals surface area contributed by atoms with Crippen molar-refractivity contribution < 1.29 is 9.90 Å². The Balaban J connectivity index is 1.89. The summed E-state index contributed by atoms with van der Waals surface area (Å²) < 4.78 is 0. The fourth-order valence-corrected chi connectivity index (χ4v) is 3.08. The number of hydrogen-bond donors (Lipinski definition) is 1. The van der Waals surface area contributed by atoms with Gasteiger partial charge < -0.3 is 14.9 Å². The van der Waals surface area contributed by atoms with E-state index in [1.54, 1.807) is 0 Å². The van der Waals surface area contributed by atoms with Gasteiger partial charge in [-0.1, -0.05) is 32.9 Å². The van der Waals surface area contributed by atoms with Crippen molar-refractivity contribution in [3.05, 3.63) is 29.8 Å². The molecule has 1 heterocycles. The van der Waals surface area contributed by atoms with Gasteiger partial charge in [0, 0.05) is 31.7 Å². The van der Waals surface area contributed by atoms with Gasteiger partial charge in [0.1, 0.15) is 0 Å². The standard InChI is InChI=1S/C19H30N2O2/c1-19(2,3)16-7-9-17(10-8-16)21-13-5-12-20(14-15-21)11-4-6-18(22)23/h7-10H,4-6,11-15H2,1-3H3,(H,22,23). The molecule has 4 heteroatoms. The average Bonchev–Trinajstić information content (AvgIpc) is 2.72. The molecule has 0 aliphatic carbocycles. The van der Waals surface area contributed by atoms with Crippen molar-refractivity contribution in [1.82, 2.24) is 4.90 Å². The Labute approximate surface area is 140 Å². The third-order valence-corrected chi connectivity index (χ3v) is 4.55. The van der Waals surface area contributed by atoms with E-state index in [1.165, 1.54) is 11.3 Å². The van der Waals surface area contributed by atoms with Crippen molar-refractivity contribution in [2.75, 3.05) is 37.6 Å². The van der Waals surface area contributed by atoms with E-state index in [-0.39, 0.29) is 11.8 Å². The van der Waals surface area contributed by atoms with Gasteiger partial charge in [-0.05, 0) is 49.0 Å². The van der Waals surface area contributed by atoms with Crippen LogP contribution >= 0.6 is 0 Å². The highest BCUT2D eigenvalue weighted by atomic mass is 16.4. The van der Waals surface area contributed by atoms with Crippen LogP contribution in [0, 0.1) is 0 Å². The van der Waals surface area contributed by atoms with Crippen molar-refractivity contribution in [3.8, 4) is 0 Å². The predicted octanol–water partition coefficient (Wildman–Crippen LogP) is 3.36. The monoisotopic (exact) mass is 318 g/mol. The van der Waals surface area contributed by atoms with Crippen LogP contribution in [0.5, 0.6) is 0 Å². The fourth-order valence-electron chi connectivity index (χ4n) is 3.08. The van der Waals surface area contributed by atoms with Gasteiger partial charge in [0.2, 0.25) is 0 Å². The van der Waals surface area contributed by atoms with E-state index in [4.69, 9.17) is 5.11 Å². The Bertz CT molecular complexity index is 505. The minimum Gasteiger partial charge on any atom is -0.481 e. The third-order valence-electron chi connectivity index (χ3n) is 4.55. The average molecular weight is 318 g/mol. The maximum absolute atomic E-state index is 10.6. The molecule has 1 fully saturated rings. The molecule has 0 saturated carbocycles. The van der Waals surface area contributed by atoms with Crippen LogP contribution in [0.4, 0.5) is 5.69 Å². The Morgan fingerprint density at radius 3 is 2.39 bits per heavy atom. The minimum absolute atomic E-state index is 0.193. The van der Waals surface area contributed by atoms with E-state index >= 15 is 0 Å². The molecule has 4 nitrogen and oxygen atoms in total. The van der Waals surface area contributed by atoms with Gasteiger partial charge in [0.15, 0.2) is 0 Å². The van der Waals surface area contributed by atoms with E-state index in [1.807, 2.05) is 0 Å². The molecule has 0 radical (unpaired) electrons. The van der Waals surface area contributed by atoms with E-state index in [0.29, 0.717) is 0 Å². The Hall–Kier alpha value is -1.55. The van der Waals surface area contributed by atoms with Gasteiger partial charge in [-0.3, -0.25) is 4.79 Å². The summed E-state index contributed by atoms with van der Waals surface area (Å²) in [6.07, 6.45) is 2.15. The van der Waals surface area contributed by atoms with Crippen LogP contribution in [0.25, 0.3) is 0 Å². The summed E-state index contributed by atoms with van der Waals surface area (Å²) in [5.41, 5.74) is 2.86. The van der Waals surface area contributed by atoms with Crippen LogP contribution in [-0.4, -0.2) is 48.7 Å². The quantitative estimate of drug-likeness (QED) is 0.904. The molecule has 1 saturated heterocycles. The second-order valence-electron chi connectivity index (χ2n) is 7.48. The van der Waals surface area contributed by atoms with E-state index in [9.17, 15) is 4.79 Å². The summed E-state index contributed by atoms with van der Waals surface area (Å²) in [7, 11) is 0. The minimum atomic E-state index is -0.694. The zero-order valence-electron chi connectivity index (χ0n) is 14.7. The first-order valence-electron chi connectivity index (χ1n) is 8.66. The highest BCUT2D eigenvalue weighted by Gasteiger charge is 2.17. The van der Waals surface area contributed by atoms with Crippen LogP contribution in [0.3, 0.4) is 0 Å². The van der Waals surface area contributed by atoms with E-state index < -0.39 is 5.97 Å². The molecular formula is C19H30N2O2. The van der Waals surface area contributed by atoms with Gasteiger partial charge in [-0.15, -0.1) is 0 Å². The second kappa shape index (κ2) is 7.82. The van der Waals surface area contributed by atoms with Gasteiger partial charge in [-0.2, -0.15) is 0 Å². The zero-order chi connectivity index (χ0) is 16.9. The lowest BCUT2D eigenvalue weighted by molar-refractivity contribution is -0.137. The normalized spacial score (nSPS) is 17.1. The highest BCUT2D eigenvalue weighted by Crippen LogP contribution is 2.25. The molecule has 1 aromatic carbocycles. The van der Waals surface area contributed by atoms with Crippen LogP contribution in [-0.2, 0) is 10.2 Å². The first kappa shape index (κ1) is 17.8. The Morgan fingerprint density at radius 2 is 1.78 bits per heavy atom. The Kier molecular flexibility index (Phi) is 6.05. The molecule has 1 aromatic rings. The Morgan fingerprint density at radius 1 is 1.09 bits per heavy atom. The van der Waals surface area contributed by atoms with Gasteiger partial charge in [0.05, 0.1) is 0 Å². The number of hydrogen-bond acceptors (Lipinski definition) is 3. The highest BCUT2D eigenvalue weighted by molar-refractivity contribution is 5.66. The molecule has 0 amide bonds. The molecule has 0 atom stereocenters. The van der Waals surface area contributed by atoms with Crippen LogP contribution in [0.15, 0.2) is 24.3 Å². The van der Waals surface area contributed by atoms with E-state index in [0.717, 1.165) is 45.6 Å². The molecule has 23 heavy (non-hydrogen) atoms. The van der Waals surface area contributed by atoms with Crippen LogP contribution in [0.1, 0.15) is 45.6 Å². The third kappa shape index (κ3) is 5.54. The summed E-state index contributed by atoms with van der Waals surface area (Å²) in [5.74, 6) is -0.694. The maximum Gasteiger partial charge on any atom is 0.303 e. The van der Waals surface area contributed by atoms with Crippen molar-refractivity contribution in [1.29, 1.82) is 0 Å². The number of carboxylic acids is 1. The summed E-state index contributed by atoms with van der Waals surface area (Å²) in [6.45, 7) is 11.8. The van der Waals surface area contributed by atoms with Gasteiger partial charge >= 0.3 is 5.97 Å². The van der Waals surface area contributed by atoms with E-state index in [2.05, 4.69) is 54.8 Å². The molecule has 0 spiro atoms. The SMILES string of the molecule is CC(C)(C)c1ccc(N2CCCN(CCCC(=O)O)CC2)cc1. The zero-order valence-corrected chi connectivity index (χ0v) is 14.7. The lowest BCUT2D eigenvalue weighted by Crippen LogP contribution is -2.31. The van der Waals surface area contributed by atoms with Crippen molar-refractivity contribution in [2.24, 2.45) is 0 Å². The molecule has 2 rings (SSSR count). The number of benzene rings is 1. The molecule has 1 aliphatic rings. The van der Waals surface area contributed by atoms with Crippen molar-refractivity contribution in [3.63, 3.8) is 0 Å². The molecule has 0 unspecified atom stereocenters. The van der Waals surface area contributed by atoms with Crippen molar-refractivity contribution >= 4 is 11.7 Å². The lowest BCUT2D eigenvalue weighted by atomic mass is 9.87. The number of nitrogens with zero attached hydrogens (tertiary/aromatic N) is 2. The number of rotatable bonds is 5. The first-order valence-corrected chi connectivity index (χ1v) is 8.66. The maximum atomic E-state index is 10.6.